The van der Waals surface area contributed by atoms with Gasteiger partial charge in [0.15, 0.2) is 0 Å². The molecule has 0 aliphatic carbocycles. The fourth-order valence-electron chi connectivity index (χ4n) is 1.29. The van der Waals surface area contributed by atoms with Crippen molar-refractivity contribution in [3.8, 4) is 23.7 Å². The number of hydrogen-bond donors (Lipinski definition) is 2. The monoisotopic (exact) mass is 236 g/mol. The molecule has 0 radical (unpaired) electrons. The molecule has 0 aliphatic rings. The highest BCUT2D eigenvalue weighted by Gasteiger charge is 1.98. The van der Waals surface area contributed by atoms with Gasteiger partial charge in [-0.05, 0) is 33.6 Å². The van der Waals surface area contributed by atoms with Gasteiger partial charge in [0.1, 0.15) is 0 Å². The molecule has 0 saturated heterocycles. The first-order valence-electron chi connectivity index (χ1n) is 5.89. The SMILES string of the molecule is CN(CC#CCN)CCCN(C)CC#CCN. The van der Waals surface area contributed by atoms with Crippen molar-refractivity contribution in [3.63, 3.8) is 0 Å². The predicted molar refractivity (Wildman–Crippen MR) is 73.3 cm³/mol. The lowest BCUT2D eigenvalue weighted by atomic mass is 10.3. The summed E-state index contributed by atoms with van der Waals surface area (Å²) in [5, 5.41) is 0. The first-order valence-corrected chi connectivity index (χ1v) is 5.89. The Bertz CT molecular complexity index is 262. The van der Waals surface area contributed by atoms with Crippen LogP contribution >= 0.6 is 0 Å². The molecule has 17 heavy (non-hydrogen) atoms. The highest BCUT2D eigenvalue weighted by molar-refractivity contribution is 5.02. The molecule has 4 N–H and O–H groups in total. The minimum absolute atomic E-state index is 0.441. The maximum absolute atomic E-state index is 5.29. The third-order valence-electron chi connectivity index (χ3n) is 2.23. The van der Waals surface area contributed by atoms with Gasteiger partial charge in [0.2, 0.25) is 0 Å². The van der Waals surface area contributed by atoms with Gasteiger partial charge in [0, 0.05) is 0 Å². The van der Waals surface area contributed by atoms with Crippen LogP contribution in [0, 0.1) is 23.7 Å². The summed E-state index contributed by atoms with van der Waals surface area (Å²) < 4.78 is 0. The Labute approximate surface area is 105 Å². The molecule has 4 nitrogen and oxygen atoms in total. The Morgan fingerprint density at radius 2 is 1.18 bits per heavy atom. The van der Waals surface area contributed by atoms with Gasteiger partial charge in [-0.15, -0.1) is 0 Å². The van der Waals surface area contributed by atoms with Gasteiger partial charge in [0.05, 0.1) is 26.2 Å². The van der Waals surface area contributed by atoms with E-state index in [1.165, 1.54) is 0 Å². The quantitative estimate of drug-likeness (QED) is 0.591. The van der Waals surface area contributed by atoms with Crippen molar-refractivity contribution in [2.24, 2.45) is 11.5 Å². The summed E-state index contributed by atoms with van der Waals surface area (Å²) in [5.74, 6) is 11.7. The van der Waals surface area contributed by atoms with Crippen LogP contribution in [0.1, 0.15) is 6.42 Å². The fourth-order valence-corrected chi connectivity index (χ4v) is 1.29. The summed E-state index contributed by atoms with van der Waals surface area (Å²) in [5.41, 5.74) is 10.6. The van der Waals surface area contributed by atoms with Crippen molar-refractivity contribution in [2.45, 2.75) is 6.42 Å². The molecule has 0 fully saturated rings. The van der Waals surface area contributed by atoms with Crippen LogP contribution in [0.2, 0.25) is 0 Å². The lowest BCUT2D eigenvalue weighted by Gasteiger charge is -2.16. The highest BCUT2D eigenvalue weighted by Crippen LogP contribution is 1.90. The van der Waals surface area contributed by atoms with Crippen LogP contribution in [0.4, 0.5) is 0 Å². The zero-order valence-electron chi connectivity index (χ0n) is 11.0. The van der Waals surface area contributed by atoms with Gasteiger partial charge in [0.25, 0.3) is 0 Å². The van der Waals surface area contributed by atoms with E-state index in [9.17, 15) is 0 Å². The molecule has 0 spiro atoms. The van der Waals surface area contributed by atoms with Crippen LogP contribution < -0.4 is 11.5 Å². The molecule has 4 heteroatoms. The topological polar surface area (TPSA) is 58.5 Å². The summed E-state index contributed by atoms with van der Waals surface area (Å²) >= 11 is 0. The minimum atomic E-state index is 0.441. The van der Waals surface area contributed by atoms with Crippen LogP contribution in [0.25, 0.3) is 0 Å². The van der Waals surface area contributed by atoms with E-state index in [0.717, 1.165) is 32.6 Å². The van der Waals surface area contributed by atoms with E-state index in [0.29, 0.717) is 13.1 Å². The van der Waals surface area contributed by atoms with Crippen molar-refractivity contribution >= 4 is 0 Å². The van der Waals surface area contributed by atoms with Gasteiger partial charge in [-0.2, -0.15) is 0 Å². The van der Waals surface area contributed by atoms with Crippen LogP contribution in [0.5, 0.6) is 0 Å². The van der Waals surface area contributed by atoms with Crippen molar-refractivity contribution in [1.82, 2.24) is 9.80 Å². The maximum atomic E-state index is 5.29. The lowest BCUT2D eigenvalue weighted by molar-refractivity contribution is 0.312. The lowest BCUT2D eigenvalue weighted by Crippen LogP contribution is -2.26. The molecule has 0 bridgehead atoms. The van der Waals surface area contributed by atoms with E-state index in [4.69, 9.17) is 11.5 Å². The smallest absolute Gasteiger partial charge is 0.0599 e. The molecule has 0 amide bonds. The van der Waals surface area contributed by atoms with Crippen LogP contribution in [-0.4, -0.2) is 63.2 Å². The van der Waals surface area contributed by atoms with Gasteiger partial charge in [-0.3, -0.25) is 9.80 Å². The molecule has 0 saturated carbocycles. The summed E-state index contributed by atoms with van der Waals surface area (Å²) in [7, 11) is 4.14. The van der Waals surface area contributed by atoms with E-state index in [2.05, 4.69) is 47.6 Å². The molecule has 0 aromatic rings. The molecule has 0 heterocycles. The van der Waals surface area contributed by atoms with Crippen LogP contribution in [0.15, 0.2) is 0 Å². The molecular weight excluding hydrogens is 212 g/mol. The van der Waals surface area contributed by atoms with Crippen molar-refractivity contribution in [1.29, 1.82) is 0 Å². The molecule has 0 unspecified atom stereocenters. The summed E-state index contributed by atoms with van der Waals surface area (Å²) in [6.07, 6.45) is 1.11. The zero-order chi connectivity index (χ0) is 12.9. The van der Waals surface area contributed by atoms with Crippen molar-refractivity contribution in [3.05, 3.63) is 0 Å². The average molecular weight is 236 g/mol. The van der Waals surface area contributed by atoms with Gasteiger partial charge in [-0.1, -0.05) is 23.7 Å². The van der Waals surface area contributed by atoms with E-state index < -0.39 is 0 Å². The molecular formula is C13H24N4. The fraction of sp³-hybridized carbons (Fsp3) is 0.692. The predicted octanol–water partition coefficient (Wildman–Crippen LogP) is -0.836. The van der Waals surface area contributed by atoms with Gasteiger partial charge in [-0.25, -0.2) is 0 Å². The highest BCUT2D eigenvalue weighted by atomic mass is 15.1. The molecule has 0 aliphatic heterocycles. The van der Waals surface area contributed by atoms with E-state index in [1.54, 1.807) is 0 Å². The van der Waals surface area contributed by atoms with Crippen molar-refractivity contribution in [2.75, 3.05) is 53.4 Å². The van der Waals surface area contributed by atoms with Crippen LogP contribution in [-0.2, 0) is 0 Å². The average Bonchev–Trinajstić information content (AvgIpc) is 2.30. The molecule has 0 aromatic carbocycles. The number of hydrogen-bond acceptors (Lipinski definition) is 4. The van der Waals surface area contributed by atoms with Crippen molar-refractivity contribution < 1.29 is 0 Å². The Hall–Kier alpha value is -1.04. The Morgan fingerprint density at radius 3 is 1.53 bits per heavy atom. The Kier molecular flexibility index (Phi) is 10.7. The Morgan fingerprint density at radius 1 is 0.765 bits per heavy atom. The normalized spacial score (nSPS) is 9.76. The molecule has 0 aromatic heterocycles. The number of nitrogens with zero attached hydrogens (tertiary/aromatic N) is 2. The third-order valence-corrected chi connectivity index (χ3v) is 2.23. The maximum Gasteiger partial charge on any atom is 0.0599 e. The second-order valence-electron chi connectivity index (χ2n) is 3.94. The molecule has 0 atom stereocenters. The Balaban J connectivity index is 3.54. The summed E-state index contributed by atoms with van der Waals surface area (Å²) in [4.78, 5) is 4.39. The molecule has 96 valence electrons. The standard InChI is InChI=1S/C13H24N4/c1-16(10-5-3-8-14)12-7-13-17(2)11-6-4-9-15/h7-15H2,1-2H3. The van der Waals surface area contributed by atoms with E-state index in [-0.39, 0.29) is 0 Å². The molecule has 0 rings (SSSR count). The van der Waals surface area contributed by atoms with Gasteiger partial charge >= 0.3 is 0 Å². The number of rotatable bonds is 6. The minimum Gasteiger partial charge on any atom is -0.320 e. The first-order chi connectivity index (χ1) is 8.20. The van der Waals surface area contributed by atoms with E-state index >= 15 is 0 Å². The summed E-state index contributed by atoms with van der Waals surface area (Å²) in [6, 6.07) is 0. The summed E-state index contributed by atoms with van der Waals surface area (Å²) in [6.45, 7) is 4.52. The number of nitrogens with two attached hydrogens (primary N) is 2. The zero-order valence-corrected chi connectivity index (χ0v) is 11.0. The second-order valence-corrected chi connectivity index (χ2v) is 3.94. The van der Waals surface area contributed by atoms with Crippen LogP contribution in [0.3, 0.4) is 0 Å². The third kappa shape index (κ3) is 11.2. The second kappa shape index (κ2) is 11.4. The largest absolute Gasteiger partial charge is 0.320 e. The first kappa shape index (κ1) is 16.0. The van der Waals surface area contributed by atoms with Gasteiger partial charge < -0.3 is 11.5 Å². The van der Waals surface area contributed by atoms with E-state index in [1.807, 2.05) is 0 Å².